The van der Waals surface area contributed by atoms with E-state index in [2.05, 4.69) is 10.6 Å². The second-order valence-electron chi connectivity index (χ2n) is 6.78. The van der Waals surface area contributed by atoms with Crippen LogP contribution in [0.2, 0.25) is 0 Å². The van der Waals surface area contributed by atoms with Crippen molar-refractivity contribution in [2.24, 2.45) is 0 Å². The normalized spacial score (nSPS) is 18.0. The predicted molar refractivity (Wildman–Crippen MR) is 105 cm³/mol. The van der Waals surface area contributed by atoms with Crippen molar-refractivity contribution in [2.75, 3.05) is 24.4 Å². The Hall–Kier alpha value is -2.79. The average molecular weight is 352 g/mol. The summed E-state index contributed by atoms with van der Waals surface area (Å²) in [6.07, 6.45) is 3.96. The Labute approximate surface area is 154 Å². The molecule has 26 heavy (non-hydrogen) atoms. The molecule has 0 saturated heterocycles. The molecule has 1 aliphatic heterocycles. The molecular weight excluding hydrogens is 328 g/mol. The molecule has 1 unspecified atom stereocenters. The van der Waals surface area contributed by atoms with Crippen LogP contribution in [0.15, 0.2) is 42.5 Å². The first-order valence-electron chi connectivity index (χ1n) is 8.56. The van der Waals surface area contributed by atoms with Crippen LogP contribution in [-0.4, -0.2) is 25.3 Å². The third-order valence-electron chi connectivity index (χ3n) is 4.38. The van der Waals surface area contributed by atoms with Gasteiger partial charge in [-0.05, 0) is 56.2 Å². The van der Waals surface area contributed by atoms with Crippen molar-refractivity contribution in [1.29, 1.82) is 0 Å². The van der Waals surface area contributed by atoms with Gasteiger partial charge in [0.2, 0.25) is 0 Å². The zero-order valence-electron chi connectivity index (χ0n) is 15.6. The number of hydrogen-bond acceptors (Lipinski definition) is 3. The summed E-state index contributed by atoms with van der Waals surface area (Å²) >= 11 is 0. The van der Waals surface area contributed by atoms with E-state index in [9.17, 15) is 4.79 Å². The minimum absolute atomic E-state index is 0.271. The number of benzene rings is 2. The standard InChI is InChI=1S/C21H24N2O3/c1-14-6-5-7-15(2)19(14)23-20(24)22-17-8-9-18-16(12-17)10-11-21(3,26-18)13-25-4/h5-12H,13H2,1-4H3,(H2,22,23,24). The van der Waals surface area contributed by atoms with Gasteiger partial charge in [-0.2, -0.15) is 0 Å². The summed E-state index contributed by atoms with van der Waals surface area (Å²) in [6, 6.07) is 11.2. The van der Waals surface area contributed by atoms with Crippen molar-refractivity contribution in [3.05, 3.63) is 59.2 Å². The maximum atomic E-state index is 12.4. The molecule has 3 rings (SSSR count). The molecule has 0 spiro atoms. The minimum Gasteiger partial charge on any atom is -0.480 e. The van der Waals surface area contributed by atoms with E-state index in [1.165, 1.54) is 0 Å². The summed E-state index contributed by atoms with van der Waals surface area (Å²) in [6.45, 7) is 6.39. The van der Waals surface area contributed by atoms with Gasteiger partial charge in [-0.1, -0.05) is 24.3 Å². The van der Waals surface area contributed by atoms with E-state index in [0.717, 1.165) is 28.1 Å². The van der Waals surface area contributed by atoms with Crippen LogP contribution < -0.4 is 15.4 Å². The topological polar surface area (TPSA) is 59.6 Å². The first kappa shape index (κ1) is 18.0. The molecule has 1 heterocycles. The lowest BCUT2D eigenvalue weighted by Gasteiger charge is -2.31. The molecule has 2 amide bonds. The van der Waals surface area contributed by atoms with E-state index in [1.54, 1.807) is 7.11 Å². The number of fused-ring (bicyclic) bond motifs is 1. The third-order valence-corrected chi connectivity index (χ3v) is 4.38. The number of para-hydroxylation sites is 1. The molecule has 2 aromatic carbocycles. The molecule has 5 heteroatoms. The number of aryl methyl sites for hydroxylation is 2. The van der Waals surface area contributed by atoms with E-state index in [1.807, 2.05) is 69.3 Å². The first-order chi connectivity index (χ1) is 12.4. The average Bonchev–Trinajstić information content (AvgIpc) is 2.59. The highest BCUT2D eigenvalue weighted by Crippen LogP contribution is 2.33. The lowest BCUT2D eigenvalue weighted by molar-refractivity contribution is 0.0378. The number of urea groups is 1. The van der Waals surface area contributed by atoms with Crippen molar-refractivity contribution in [2.45, 2.75) is 26.4 Å². The summed E-state index contributed by atoms with van der Waals surface area (Å²) < 4.78 is 11.2. The smallest absolute Gasteiger partial charge is 0.323 e. The minimum atomic E-state index is -0.476. The molecule has 5 nitrogen and oxygen atoms in total. The summed E-state index contributed by atoms with van der Waals surface area (Å²) in [4.78, 5) is 12.4. The van der Waals surface area contributed by atoms with Crippen molar-refractivity contribution in [3.63, 3.8) is 0 Å². The fourth-order valence-electron chi connectivity index (χ4n) is 3.05. The lowest BCUT2D eigenvalue weighted by Crippen LogP contribution is -2.36. The second-order valence-corrected chi connectivity index (χ2v) is 6.78. The van der Waals surface area contributed by atoms with Crippen LogP contribution in [0.3, 0.4) is 0 Å². The van der Waals surface area contributed by atoms with Crippen LogP contribution in [0.5, 0.6) is 5.75 Å². The number of rotatable bonds is 4. The Morgan fingerprint density at radius 3 is 2.58 bits per heavy atom. The van der Waals surface area contributed by atoms with E-state index >= 15 is 0 Å². The largest absolute Gasteiger partial charge is 0.480 e. The molecule has 1 atom stereocenters. The number of methoxy groups -OCH3 is 1. The molecule has 2 N–H and O–H groups in total. The number of carbonyl (C=O) groups excluding carboxylic acids is 1. The highest BCUT2D eigenvalue weighted by molar-refractivity contribution is 6.01. The second kappa shape index (κ2) is 7.22. The number of ether oxygens (including phenoxy) is 2. The van der Waals surface area contributed by atoms with Crippen LogP contribution in [0.1, 0.15) is 23.6 Å². The lowest BCUT2D eigenvalue weighted by atomic mass is 10.0. The Morgan fingerprint density at radius 1 is 1.15 bits per heavy atom. The summed E-state index contributed by atoms with van der Waals surface area (Å²) in [5.74, 6) is 0.771. The van der Waals surface area contributed by atoms with Gasteiger partial charge in [0.25, 0.3) is 0 Å². The van der Waals surface area contributed by atoms with Gasteiger partial charge in [-0.15, -0.1) is 0 Å². The van der Waals surface area contributed by atoms with Gasteiger partial charge in [-0.3, -0.25) is 0 Å². The van der Waals surface area contributed by atoms with Crippen LogP contribution in [-0.2, 0) is 4.74 Å². The molecule has 0 aromatic heterocycles. The van der Waals surface area contributed by atoms with Crippen LogP contribution >= 0.6 is 0 Å². The molecular formula is C21H24N2O3. The zero-order chi connectivity index (χ0) is 18.7. The van der Waals surface area contributed by atoms with Crippen LogP contribution in [0.25, 0.3) is 6.08 Å². The first-order valence-corrected chi connectivity index (χ1v) is 8.56. The maximum absolute atomic E-state index is 12.4. The van der Waals surface area contributed by atoms with Crippen LogP contribution in [0.4, 0.5) is 16.2 Å². The number of carbonyl (C=O) groups is 1. The molecule has 2 aromatic rings. The summed E-state index contributed by atoms with van der Waals surface area (Å²) in [7, 11) is 1.65. The van der Waals surface area contributed by atoms with Crippen molar-refractivity contribution < 1.29 is 14.3 Å². The molecule has 0 aliphatic carbocycles. The zero-order valence-corrected chi connectivity index (χ0v) is 15.6. The number of anilines is 2. The van der Waals surface area contributed by atoms with Gasteiger partial charge >= 0.3 is 6.03 Å². The molecule has 1 aliphatic rings. The summed E-state index contributed by atoms with van der Waals surface area (Å²) in [5, 5.41) is 5.80. The van der Waals surface area contributed by atoms with Gasteiger partial charge < -0.3 is 20.1 Å². The SMILES string of the molecule is COCC1(C)C=Cc2cc(NC(=O)Nc3c(C)cccc3C)ccc2O1. The molecule has 136 valence electrons. The molecule has 0 radical (unpaired) electrons. The molecule has 0 fully saturated rings. The van der Waals surface area contributed by atoms with Crippen molar-refractivity contribution >= 4 is 23.5 Å². The fraction of sp³-hybridized carbons (Fsp3) is 0.286. The fourth-order valence-corrected chi connectivity index (χ4v) is 3.05. The summed E-state index contributed by atoms with van der Waals surface area (Å²) in [5.41, 5.74) is 4.04. The Morgan fingerprint density at radius 2 is 1.88 bits per heavy atom. The van der Waals surface area contributed by atoms with Gasteiger partial charge in [0.15, 0.2) is 0 Å². The quantitative estimate of drug-likeness (QED) is 0.834. The highest BCUT2D eigenvalue weighted by atomic mass is 16.5. The van der Waals surface area contributed by atoms with Gasteiger partial charge in [0, 0.05) is 24.0 Å². The number of nitrogens with one attached hydrogen (secondary N) is 2. The Bertz CT molecular complexity index is 840. The van der Waals surface area contributed by atoms with Gasteiger partial charge in [0.05, 0.1) is 6.61 Å². The van der Waals surface area contributed by atoms with E-state index in [4.69, 9.17) is 9.47 Å². The van der Waals surface area contributed by atoms with Crippen LogP contribution in [0, 0.1) is 13.8 Å². The predicted octanol–water partition coefficient (Wildman–Crippen LogP) is 4.76. The van der Waals surface area contributed by atoms with E-state index in [0.29, 0.717) is 12.3 Å². The monoisotopic (exact) mass is 352 g/mol. The molecule has 0 bridgehead atoms. The van der Waals surface area contributed by atoms with E-state index < -0.39 is 5.60 Å². The Kier molecular flexibility index (Phi) is 5.00. The highest BCUT2D eigenvalue weighted by Gasteiger charge is 2.27. The number of hydrogen-bond donors (Lipinski definition) is 2. The van der Waals surface area contributed by atoms with Crippen molar-refractivity contribution in [1.82, 2.24) is 0 Å². The third kappa shape index (κ3) is 3.89. The maximum Gasteiger partial charge on any atom is 0.323 e. The Balaban J connectivity index is 1.72. The number of amides is 2. The van der Waals surface area contributed by atoms with Gasteiger partial charge in [0.1, 0.15) is 11.4 Å². The van der Waals surface area contributed by atoms with Crippen molar-refractivity contribution in [3.8, 4) is 5.75 Å². The van der Waals surface area contributed by atoms with E-state index in [-0.39, 0.29) is 6.03 Å². The molecule has 0 saturated carbocycles. The van der Waals surface area contributed by atoms with Gasteiger partial charge in [-0.25, -0.2) is 4.79 Å².